The Hall–Kier alpha value is -2.50. The van der Waals surface area contributed by atoms with Crippen LogP contribution in [0.3, 0.4) is 0 Å². The van der Waals surface area contributed by atoms with Crippen LogP contribution in [-0.2, 0) is 18.4 Å². The van der Waals surface area contributed by atoms with Crippen LogP contribution in [0.25, 0.3) is 10.9 Å². The zero-order chi connectivity index (χ0) is 26.3. The molecule has 1 aromatic heterocycles. The first kappa shape index (κ1) is 28.1. The van der Waals surface area contributed by atoms with E-state index < -0.39 is 12.1 Å². The van der Waals surface area contributed by atoms with Gasteiger partial charge in [-0.1, -0.05) is 83.5 Å². The third kappa shape index (κ3) is 7.27. The van der Waals surface area contributed by atoms with Crippen LogP contribution in [0.15, 0.2) is 42.5 Å². The number of halogens is 1. The number of fused-ring (bicyclic) bond motifs is 1. The molecule has 1 unspecified atom stereocenters. The van der Waals surface area contributed by atoms with Gasteiger partial charge in [-0.15, -0.1) is 0 Å². The zero-order valence-electron chi connectivity index (χ0n) is 22.0. The van der Waals surface area contributed by atoms with Gasteiger partial charge in [0.25, 0.3) is 0 Å². The van der Waals surface area contributed by atoms with E-state index in [9.17, 15) is 15.0 Å². The van der Waals surface area contributed by atoms with E-state index in [1.54, 1.807) is 18.2 Å². The van der Waals surface area contributed by atoms with Crippen LogP contribution < -0.4 is 4.74 Å². The summed E-state index contributed by atoms with van der Waals surface area (Å²) in [6.07, 6.45) is 8.04. The van der Waals surface area contributed by atoms with Crippen LogP contribution in [0.2, 0.25) is 5.02 Å². The Balaban J connectivity index is 1.63. The maximum Gasteiger partial charge on any atom is 0.335 e. The molecule has 0 aliphatic heterocycles. The van der Waals surface area contributed by atoms with Crippen molar-refractivity contribution in [2.24, 2.45) is 0 Å². The van der Waals surface area contributed by atoms with Crippen molar-refractivity contribution in [1.29, 1.82) is 0 Å². The maximum atomic E-state index is 11.5. The highest BCUT2D eigenvalue weighted by atomic mass is 35.5. The number of carboxylic acid groups (broad SMARTS) is 1. The summed E-state index contributed by atoms with van der Waals surface area (Å²) in [5, 5.41) is 21.4. The minimum absolute atomic E-state index is 0.144. The number of hydrogen-bond acceptors (Lipinski definition) is 3. The highest BCUT2D eigenvalue weighted by Gasteiger charge is 2.27. The van der Waals surface area contributed by atoms with Crippen molar-refractivity contribution in [3.8, 4) is 5.75 Å². The smallest absolute Gasteiger partial charge is 0.335 e. The van der Waals surface area contributed by atoms with Gasteiger partial charge in [-0.25, -0.2) is 4.79 Å². The molecule has 0 spiro atoms. The molecule has 196 valence electrons. The van der Waals surface area contributed by atoms with Crippen LogP contribution in [0, 0.1) is 0 Å². The molecule has 6 heteroatoms. The number of rotatable bonds is 13. The van der Waals surface area contributed by atoms with Crippen LogP contribution in [0.4, 0.5) is 0 Å². The van der Waals surface area contributed by atoms with Gasteiger partial charge in [0.15, 0.2) is 0 Å². The predicted octanol–water partition coefficient (Wildman–Crippen LogP) is 7.63. The molecule has 0 amide bonds. The lowest BCUT2D eigenvalue weighted by molar-refractivity contribution is 0.0697. The molecule has 1 heterocycles. The number of aromatic nitrogens is 1. The van der Waals surface area contributed by atoms with E-state index in [2.05, 4.69) is 39.8 Å². The number of carboxylic acids is 1. The van der Waals surface area contributed by atoms with Crippen LogP contribution >= 0.6 is 11.6 Å². The Morgan fingerprint density at radius 3 is 2.33 bits per heavy atom. The molecule has 3 aromatic rings. The number of benzene rings is 2. The SMILES string of the molecule is CCCCCCCCc1ccc(OCC(O)Cn2c(C(C)(C)C)c(Cl)c3cc(C(=O)O)ccc32)cc1. The largest absolute Gasteiger partial charge is 0.491 e. The monoisotopic (exact) mass is 513 g/mol. The highest BCUT2D eigenvalue weighted by molar-refractivity contribution is 6.36. The molecule has 1 atom stereocenters. The van der Waals surface area contributed by atoms with Crippen molar-refractivity contribution in [2.45, 2.75) is 90.7 Å². The first-order valence-corrected chi connectivity index (χ1v) is 13.4. The van der Waals surface area contributed by atoms with Gasteiger partial charge in [0.2, 0.25) is 0 Å². The molecule has 5 nitrogen and oxygen atoms in total. The Kier molecular flexibility index (Phi) is 9.86. The average Bonchev–Trinajstić information content (AvgIpc) is 3.11. The lowest BCUT2D eigenvalue weighted by atomic mass is 9.91. The van der Waals surface area contributed by atoms with Crippen LogP contribution in [0.5, 0.6) is 5.75 Å². The summed E-state index contributed by atoms with van der Waals surface area (Å²) in [6, 6.07) is 13.1. The van der Waals surface area contributed by atoms with Crippen molar-refractivity contribution in [3.63, 3.8) is 0 Å². The lowest BCUT2D eigenvalue weighted by Gasteiger charge is -2.24. The zero-order valence-corrected chi connectivity index (χ0v) is 22.8. The van der Waals surface area contributed by atoms with Gasteiger partial charge in [0, 0.05) is 22.0 Å². The number of aryl methyl sites for hydroxylation is 1. The number of aliphatic hydroxyl groups is 1. The molecule has 0 aliphatic rings. The molecule has 0 radical (unpaired) electrons. The molecule has 2 aromatic carbocycles. The second kappa shape index (κ2) is 12.6. The second-order valence-corrected chi connectivity index (χ2v) is 11.1. The molecule has 3 rings (SSSR count). The van der Waals surface area contributed by atoms with E-state index in [4.69, 9.17) is 16.3 Å². The van der Waals surface area contributed by atoms with E-state index in [0.717, 1.165) is 23.4 Å². The fraction of sp³-hybridized carbons (Fsp3) is 0.500. The van der Waals surface area contributed by atoms with Crippen molar-refractivity contribution in [1.82, 2.24) is 4.57 Å². The Bertz CT molecular complexity index is 1140. The average molecular weight is 514 g/mol. The topological polar surface area (TPSA) is 71.7 Å². The van der Waals surface area contributed by atoms with Crippen molar-refractivity contribution >= 4 is 28.5 Å². The van der Waals surface area contributed by atoms with Crippen LogP contribution in [-0.4, -0.2) is 33.5 Å². The minimum atomic E-state index is -0.996. The van der Waals surface area contributed by atoms with Crippen molar-refractivity contribution in [2.75, 3.05) is 6.61 Å². The molecule has 0 aliphatic carbocycles. The Morgan fingerprint density at radius 1 is 1.03 bits per heavy atom. The summed E-state index contributed by atoms with van der Waals surface area (Å²) in [5.41, 5.74) is 2.85. The van der Waals surface area contributed by atoms with Gasteiger partial charge in [-0.05, 0) is 48.7 Å². The first-order chi connectivity index (χ1) is 17.1. The van der Waals surface area contributed by atoms with E-state index >= 15 is 0 Å². The van der Waals surface area contributed by atoms with Gasteiger partial charge in [-0.2, -0.15) is 0 Å². The Morgan fingerprint density at radius 2 is 1.69 bits per heavy atom. The summed E-state index contributed by atoms with van der Waals surface area (Å²) >= 11 is 6.74. The molecule has 0 saturated carbocycles. The summed E-state index contributed by atoms with van der Waals surface area (Å²) in [5.74, 6) is -0.261. The maximum absolute atomic E-state index is 11.5. The molecule has 2 N–H and O–H groups in total. The minimum Gasteiger partial charge on any atom is -0.491 e. The molecule has 0 fully saturated rings. The fourth-order valence-corrected chi connectivity index (χ4v) is 5.23. The molecule has 36 heavy (non-hydrogen) atoms. The second-order valence-electron chi connectivity index (χ2n) is 10.7. The van der Waals surface area contributed by atoms with Gasteiger partial charge < -0.3 is 19.5 Å². The Labute approximate surface area is 220 Å². The van der Waals surface area contributed by atoms with Crippen LogP contribution in [0.1, 0.15) is 87.8 Å². The summed E-state index contributed by atoms with van der Waals surface area (Å²) in [4.78, 5) is 11.5. The summed E-state index contributed by atoms with van der Waals surface area (Å²) < 4.78 is 7.87. The third-order valence-electron chi connectivity index (χ3n) is 6.54. The quantitative estimate of drug-likeness (QED) is 0.230. The predicted molar refractivity (Wildman–Crippen MR) is 148 cm³/mol. The third-order valence-corrected chi connectivity index (χ3v) is 6.92. The van der Waals surface area contributed by atoms with Crippen molar-refractivity contribution in [3.05, 3.63) is 64.3 Å². The van der Waals surface area contributed by atoms with E-state index in [-0.39, 0.29) is 17.6 Å². The molecule has 0 saturated heterocycles. The number of aliphatic hydroxyl groups excluding tert-OH is 1. The number of hydrogen-bond donors (Lipinski definition) is 2. The highest BCUT2D eigenvalue weighted by Crippen LogP contribution is 2.38. The number of unbranched alkanes of at least 4 members (excludes halogenated alkanes) is 5. The van der Waals surface area contributed by atoms with E-state index in [0.29, 0.717) is 17.0 Å². The normalized spacial score (nSPS) is 12.7. The lowest BCUT2D eigenvalue weighted by Crippen LogP contribution is -2.27. The number of aromatic carboxylic acids is 1. The standard InChI is InChI=1S/C30H40ClNO4/c1-5-6-7-8-9-10-11-21-12-15-24(16-13-21)36-20-23(33)19-32-26-17-14-22(29(34)35)18-25(26)27(31)28(32)30(2,3)4/h12-18,23,33H,5-11,19-20H2,1-4H3,(H,34,35). The van der Waals surface area contributed by atoms with E-state index in [1.165, 1.54) is 44.1 Å². The number of carbonyl (C=O) groups is 1. The van der Waals surface area contributed by atoms with Crippen molar-refractivity contribution < 1.29 is 19.7 Å². The van der Waals surface area contributed by atoms with Gasteiger partial charge in [0.1, 0.15) is 18.5 Å². The molecular formula is C30H40ClNO4. The number of nitrogens with zero attached hydrogens (tertiary/aromatic N) is 1. The van der Waals surface area contributed by atoms with Gasteiger partial charge >= 0.3 is 5.97 Å². The first-order valence-electron chi connectivity index (χ1n) is 13.1. The fourth-order valence-electron chi connectivity index (χ4n) is 4.69. The molecule has 0 bridgehead atoms. The van der Waals surface area contributed by atoms with Gasteiger partial charge in [-0.3, -0.25) is 0 Å². The summed E-state index contributed by atoms with van der Waals surface area (Å²) in [6.45, 7) is 8.83. The van der Waals surface area contributed by atoms with E-state index in [1.807, 2.05) is 16.7 Å². The number of ether oxygens (including phenoxy) is 1. The van der Waals surface area contributed by atoms with Gasteiger partial charge in [0.05, 0.1) is 17.1 Å². The molecular weight excluding hydrogens is 474 g/mol. The summed E-state index contributed by atoms with van der Waals surface area (Å²) in [7, 11) is 0.